The molecular weight excluding hydrogens is 893 g/mol. The quantitative estimate of drug-likeness (QED) is 0.0520. The predicted octanol–water partition coefficient (Wildman–Crippen LogP) is 3.08. The summed E-state index contributed by atoms with van der Waals surface area (Å²) in [6.07, 6.45) is -4.70. The minimum atomic E-state index is -1.81. The number of ether oxygens (including phenoxy) is 8. The lowest BCUT2D eigenvalue weighted by atomic mass is 9.84. The highest BCUT2D eigenvalue weighted by atomic mass is 16.7. The van der Waals surface area contributed by atoms with E-state index in [0.29, 0.717) is 18.5 Å². The summed E-state index contributed by atoms with van der Waals surface area (Å²) in [6.45, 7) is 5.61. The molecule has 7 atom stereocenters. The van der Waals surface area contributed by atoms with Gasteiger partial charge in [0.2, 0.25) is 18.3 Å². The summed E-state index contributed by atoms with van der Waals surface area (Å²) in [5, 5.41) is 17.4. The van der Waals surface area contributed by atoms with Crippen molar-refractivity contribution in [3.8, 4) is 17.6 Å². The Bertz CT molecular complexity index is 2190. The third kappa shape index (κ3) is 17.2. The topological polar surface area (TPSA) is 293 Å². The molecule has 0 saturated carbocycles. The molecule has 21 heteroatoms. The minimum absolute atomic E-state index is 0.0111. The van der Waals surface area contributed by atoms with Crippen LogP contribution in [0.5, 0.6) is 5.75 Å². The molecule has 6 N–H and O–H groups in total. The van der Waals surface area contributed by atoms with Crippen molar-refractivity contribution in [1.29, 1.82) is 0 Å². The Morgan fingerprint density at radius 2 is 1.50 bits per heavy atom. The first-order valence-electron chi connectivity index (χ1n) is 22.0. The average Bonchev–Trinajstić information content (AvgIpc) is 3.25. The van der Waals surface area contributed by atoms with Crippen molar-refractivity contribution in [2.45, 2.75) is 129 Å². The van der Waals surface area contributed by atoms with Crippen LogP contribution in [0.25, 0.3) is 0 Å². The van der Waals surface area contributed by atoms with Gasteiger partial charge in [-0.2, -0.15) is 0 Å². The van der Waals surface area contributed by atoms with Gasteiger partial charge in [-0.15, -0.1) is 5.92 Å². The second-order valence-electron chi connectivity index (χ2n) is 16.7. The van der Waals surface area contributed by atoms with Gasteiger partial charge in [-0.3, -0.25) is 34.1 Å². The summed E-state index contributed by atoms with van der Waals surface area (Å²) in [7, 11) is 1.03. The Morgan fingerprint density at radius 1 is 0.853 bits per heavy atom. The fourth-order valence-corrected chi connectivity index (χ4v) is 7.20. The molecule has 1 aliphatic carbocycles. The number of methoxy groups -OCH3 is 1. The van der Waals surface area contributed by atoms with E-state index >= 15 is 0 Å². The molecule has 68 heavy (non-hydrogen) atoms. The number of nitrogens with two attached hydrogens (primary N) is 1. The van der Waals surface area contributed by atoms with Crippen molar-refractivity contribution in [3.05, 3.63) is 59.2 Å². The van der Waals surface area contributed by atoms with E-state index < -0.39 is 89.9 Å². The first kappa shape index (κ1) is 53.9. The summed E-state index contributed by atoms with van der Waals surface area (Å²) in [6, 6.07) is 10.4. The number of nitrogens with one attached hydrogen (secondary N) is 3. The molecule has 2 aliphatic rings. The zero-order valence-electron chi connectivity index (χ0n) is 38.9. The van der Waals surface area contributed by atoms with Gasteiger partial charge in [0.25, 0.3) is 5.91 Å². The monoisotopic (exact) mass is 952 g/mol. The van der Waals surface area contributed by atoms with Gasteiger partial charge in [0.1, 0.15) is 25.1 Å². The molecule has 1 aliphatic heterocycles. The lowest BCUT2D eigenvalue weighted by molar-refractivity contribution is -0.282. The molecule has 2 aromatic rings. The Balaban J connectivity index is 1.53. The van der Waals surface area contributed by atoms with Gasteiger partial charge in [0.15, 0.2) is 18.3 Å². The normalized spacial score (nSPS) is 20.5. The Labute approximate surface area is 393 Å². The summed E-state index contributed by atoms with van der Waals surface area (Å²) in [4.78, 5) is 101. The number of rotatable bonds is 21. The van der Waals surface area contributed by atoms with Crippen LogP contribution < -0.4 is 26.4 Å². The van der Waals surface area contributed by atoms with Crippen LogP contribution in [0.2, 0.25) is 0 Å². The van der Waals surface area contributed by atoms with Gasteiger partial charge in [-0.05, 0) is 81.3 Å². The van der Waals surface area contributed by atoms with Gasteiger partial charge in [-0.25, -0.2) is 9.59 Å². The second-order valence-corrected chi connectivity index (χ2v) is 16.7. The van der Waals surface area contributed by atoms with Crippen LogP contribution in [0, 0.1) is 17.3 Å². The van der Waals surface area contributed by atoms with Crippen molar-refractivity contribution < 1.29 is 81.4 Å². The molecular formula is C47H60N4O17. The molecule has 3 amide bonds. The maximum Gasteiger partial charge on any atom is 0.411 e. The fraction of sp³-hybridized carbons (Fsp3) is 0.532. The lowest BCUT2D eigenvalue weighted by Crippen LogP contribution is -2.64. The number of carbonyl (C=O) groups is 8. The predicted molar refractivity (Wildman–Crippen MR) is 238 cm³/mol. The number of hydrogen-bond acceptors (Lipinski definition) is 17. The maximum atomic E-state index is 13.9. The molecule has 0 spiro atoms. The van der Waals surface area contributed by atoms with Gasteiger partial charge < -0.3 is 59.4 Å². The van der Waals surface area contributed by atoms with E-state index in [9.17, 15) is 43.5 Å². The SMILES string of the molecule is COC(=O)[C@H]1O[C@@H](Oc2ccc(COC(=O)Nc3ccc(C[C@H](N)CC(C)(C)C(=O)O)cc3)cc2C(=O)NCCNC(=O)CO[C@@H]2C#CCCCCC2)[C@H](OC(C)=O)[C@@H](OC(C)=O)[C@@H]1OC(C)=O. The van der Waals surface area contributed by atoms with E-state index in [1.807, 2.05) is 0 Å². The molecule has 0 aromatic heterocycles. The zero-order chi connectivity index (χ0) is 50.0. The Kier molecular flexibility index (Phi) is 20.6. The van der Waals surface area contributed by atoms with Gasteiger partial charge in [0, 0.05) is 52.0 Å². The van der Waals surface area contributed by atoms with E-state index in [2.05, 4.69) is 27.8 Å². The number of anilines is 1. The molecule has 0 bridgehead atoms. The van der Waals surface area contributed by atoms with Crippen LogP contribution in [0.15, 0.2) is 42.5 Å². The summed E-state index contributed by atoms with van der Waals surface area (Å²) >= 11 is 0. The third-order valence-corrected chi connectivity index (χ3v) is 10.5. The number of amides is 3. The Morgan fingerprint density at radius 3 is 2.16 bits per heavy atom. The first-order valence-corrected chi connectivity index (χ1v) is 22.0. The van der Waals surface area contributed by atoms with E-state index in [1.54, 1.807) is 38.1 Å². The van der Waals surface area contributed by atoms with Crippen LogP contribution >= 0.6 is 0 Å². The number of carboxylic acid groups (broad SMARTS) is 1. The van der Waals surface area contributed by atoms with E-state index in [1.165, 1.54) is 18.2 Å². The highest BCUT2D eigenvalue weighted by Crippen LogP contribution is 2.33. The number of esters is 4. The maximum absolute atomic E-state index is 13.9. The smallest absolute Gasteiger partial charge is 0.411 e. The molecule has 4 rings (SSSR count). The van der Waals surface area contributed by atoms with Crippen molar-refractivity contribution >= 4 is 53.4 Å². The van der Waals surface area contributed by atoms with Gasteiger partial charge >= 0.3 is 35.9 Å². The number of benzene rings is 2. The number of hydrogen-bond donors (Lipinski definition) is 5. The van der Waals surface area contributed by atoms with E-state index in [4.69, 9.17) is 43.6 Å². The van der Waals surface area contributed by atoms with E-state index in [-0.39, 0.29) is 55.7 Å². The van der Waals surface area contributed by atoms with Crippen LogP contribution in [0.4, 0.5) is 10.5 Å². The number of carboxylic acids is 1. The zero-order valence-corrected chi connectivity index (χ0v) is 38.9. The molecule has 0 radical (unpaired) electrons. The molecule has 21 nitrogen and oxygen atoms in total. The second kappa shape index (κ2) is 26.0. The number of carbonyl (C=O) groups excluding carboxylic acids is 7. The van der Waals surface area contributed by atoms with Crippen molar-refractivity contribution in [2.24, 2.45) is 11.1 Å². The molecule has 1 fully saturated rings. The van der Waals surface area contributed by atoms with Crippen LogP contribution in [0.3, 0.4) is 0 Å². The van der Waals surface area contributed by atoms with Crippen molar-refractivity contribution in [2.75, 3.05) is 32.1 Å². The number of aliphatic carboxylic acids is 1. The summed E-state index contributed by atoms with van der Waals surface area (Å²) < 4.78 is 44.2. The summed E-state index contributed by atoms with van der Waals surface area (Å²) in [5.41, 5.74) is 6.53. The fourth-order valence-electron chi connectivity index (χ4n) is 7.20. The van der Waals surface area contributed by atoms with Crippen LogP contribution in [-0.2, 0) is 75.0 Å². The van der Waals surface area contributed by atoms with Crippen molar-refractivity contribution in [3.63, 3.8) is 0 Å². The first-order chi connectivity index (χ1) is 32.3. The molecule has 370 valence electrons. The average molecular weight is 953 g/mol. The molecule has 1 saturated heterocycles. The van der Waals surface area contributed by atoms with Gasteiger partial charge in [0.05, 0.1) is 18.1 Å². The van der Waals surface area contributed by atoms with Crippen LogP contribution in [-0.4, -0.2) is 123 Å². The van der Waals surface area contributed by atoms with Gasteiger partial charge in [-0.1, -0.05) is 30.5 Å². The molecule has 2 aromatic carbocycles. The lowest BCUT2D eigenvalue weighted by Gasteiger charge is -2.43. The minimum Gasteiger partial charge on any atom is -0.481 e. The highest BCUT2D eigenvalue weighted by molar-refractivity contribution is 5.97. The standard InChI is InChI=1S/C47H60N4O17/c1-27(52)64-38-39(65-28(2)53)41(66-29(3)54)44(68-40(38)43(57)61-6)67-36-19-16-31(23-35(36)42(56)50-21-20-49-37(55)26-62-34-12-10-8-7-9-11-13-34)25-63-46(60)51-33-17-14-30(15-18-33)22-32(48)24-47(4,5)45(58)59/h14-19,23,32,34,38-41,44H,7-10,12,20-22,24-26,48H2,1-6H3,(H,49,55)(H,50,56)(H,51,60)(H,58,59)/t32-,34-,38-,39-,40-,41+,44+/m0/s1. The third-order valence-electron chi connectivity index (χ3n) is 10.5. The summed E-state index contributed by atoms with van der Waals surface area (Å²) in [5.74, 6) is -0.0702. The van der Waals surface area contributed by atoms with Crippen LogP contribution in [0.1, 0.15) is 94.6 Å². The molecule has 1 heterocycles. The Hall–Kier alpha value is -6.76. The van der Waals surface area contributed by atoms with E-state index in [0.717, 1.165) is 59.1 Å². The van der Waals surface area contributed by atoms with Crippen molar-refractivity contribution in [1.82, 2.24) is 10.6 Å². The largest absolute Gasteiger partial charge is 0.481 e. The molecule has 0 unspecified atom stereocenters. The highest BCUT2D eigenvalue weighted by Gasteiger charge is 2.56.